The molecule has 2 rings (SSSR count). The quantitative estimate of drug-likeness (QED) is 0.648. The highest BCUT2D eigenvalue weighted by atomic mass is 32.1. The van der Waals surface area contributed by atoms with Gasteiger partial charge in [-0.1, -0.05) is 0 Å². The first kappa shape index (κ1) is 8.59. The number of hydrogen-bond acceptors (Lipinski definition) is 3. The second-order valence-corrected chi connectivity index (χ2v) is 4.76. The molecule has 4 heteroatoms. The van der Waals surface area contributed by atoms with E-state index in [0.717, 1.165) is 15.8 Å². The second kappa shape index (κ2) is 2.75. The number of thiophene rings is 1. The zero-order valence-corrected chi connectivity index (χ0v) is 8.80. The van der Waals surface area contributed by atoms with Gasteiger partial charge >= 0.3 is 0 Å². The number of quaternary nitrogens is 1. The molecule has 0 spiro atoms. The first-order chi connectivity index (χ1) is 6.09. The van der Waals surface area contributed by atoms with E-state index in [1.807, 2.05) is 6.07 Å². The number of hydrogen-bond donors (Lipinski definition) is 0. The van der Waals surface area contributed by atoms with Crippen LogP contribution in [0, 0.1) is 0 Å². The van der Waals surface area contributed by atoms with Crippen LogP contribution in [-0.2, 0) is 0 Å². The normalized spacial score (nSPS) is 12.2. The molecule has 3 nitrogen and oxygen atoms in total. The van der Waals surface area contributed by atoms with Crippen LogP contribution in [0.4, 0.5) is 5.82 Å². The maximum atomic E-state index is 4.32. The van der Waals surface area contributed by atoms with Crippen molar-refractivity contribution in [1.82, 2.24) is 14.5 Å². The lowest BCUT2D eigenvalue weighted by molar-refractivity contribution is 0.477. The summed E-state index contributed by atoms with van der Waals surface area (Å²) >= 11 is 1.70. The molecule has 2 aromatic heterocycles. The summed E-state index contributed by atoms with van der Waals surface area (Å²) in [4.78, 5) is 8.53. The van der Waals surface area contributed by atoms with Gasteiger partial charge in [0.15, 0.2) is 0 Å². The molecular formula is C9H12N3S+. The summed E-state index contributed by atoms with van der Waals surface area (Å²) in [7, 11) is 6.34. The minimum absolute atomic E-state index is 0.736. The molecular weight excluding hydrogens is 182 g/mol. The van der Waals surface area contributed by atoms with Crippen LogP contribution >= 0.6 is 11.3 Å². The largest absolute Gasteiger partial charge is 0.281 e. The van der Waals surface area contributed by atoms with Crippen LogP contribution in [0.15, 0.2) is 17.8 Å². The van der Waals surface area contributed by atoms with E-state index in [-0.39, 0.29) is 0 Å². The van der Waals surface area contributed by atoms with E-state index in [4.69, 9.17) is 0 Å². The van der Waals surface area contributed by atoms with E-state index in [1.54, 1.807) is 17.7 Å². The maximum Gasteiger partial charge on any atom is 0.248 e. The molecule has 2 heterocycles. The van der Waals surface area contributed by atoms with E-state index in [0.29, 0.717) is 0 Å². The standard InChI is InChI=1S/C9H12N3S/c1-12(2,3)9-8-7(4-5-13-8)10-6-11-9/h4-6H,1-3H3/q+1. The molecule has 0 radical (unpaired) electrons. The topological polar surface area (TPSA) is 25.8 Å². The molecule has 0 amide bonds. The molecule has 0 saturated carbocycles. The lowest BCUT2D eigenvalue weighted by Crippen LogP contribution is -2.35. The highest BCUT2D eigenvalue weighted by Gasteiger charge is 2.18. The van der Waals surface area contributed by atoms with Gasteiger partial charge in [-0.15, -0.1) is 11.3 Å². The fourth-order valence-corrected chi connectivity index (χ4v) is 2.26. The Hall–Kier alpha value is -1.000. The monoisotopic (exact) mass is 194 g/mol. The van der Waals surface area contributed by atoms with Gasteiger partial charge in [-0.3, -0.25) is 4.48 Å². The van der Waals surface area contributed by atoms with E-state index in [2.05, 4.69) is 36.5 Å². The maximum absolute atomic E-state index is 4.32. The van der Waals surface area contributed by atoms with Crippen molar-refractivity contribution in [2.24, 2.45) is 0 Å². The molecule has 0 N–H and O–H groups in total. The van der Waals surface area contributed by atoms with Crippen molar-refractivity contribution in [3.05, 3.63) is 17.8 Å². The van der Waals surface area contributed by atoms with E-state index < -0.39 is 0 Å². The van der Waals surface area contributed by atoms with Gasteiger partial charge in [-0.05, 0) is 11.4 Å². The van der Waals surface area contributed by atoms with E-state index >= 15 is 0 Å². The van der Waals surface area contributed by atoms with Gasteiger partial charge in [0.1, 0.15) is 11.0 Å². The van der Waals surface area contributed by atoms with Gasteiger partial charge in [-0.25, -0.2) is 4.98 Å². The first-order valence-corrected chi connectivity index (χ1v) is 4.97. The predicted molar refractivity (Wildman–Crippen MR) is 57.0 cm³/mol. The van der Waals surface area contributed by atoms with Crippen molar-refractivity contribution in [3.8, 4) is 0 Å². The van der Waals surface area contributed by atoms with Crippen LogP contribution in [0.5, 0.6) is 0 Å². The van der Waals surface area contributed by atoms with Gasteiger partial charge in [-0.2, -0.15) is 4.98 Å². The predicted octanol–water partition coefficient (Wildman–Crippen LogP) is 1.89. The Labute approximate surface area is 81.3 Å². The van der Waals surface area contributed by atoms with E-state index in [1.165, 1.54) is 4.70 Å². The average molecular weight is 194 g/mol. The highest BCUT2D eigenvalue weighted by molar-refractivity contribution is 7.17. The molecule has 2 aromatic rings. The molecule has 68 valence electrons. The van der Waals surface area contributed by atoms with Crippen molar-refractivity contribution in [1.29, 1.82) is 0 Å². The summed E-state index contributed by atoms with van der Waals surface area (Å²) in [5.41, 5.74) is 1.04. The molecule has 0 bridgehead atoms. The van der Waals surface area contributed by atoms with Gasteiger partial charge in [0.2, 0.25) is 5.82 Å². The molecule has 0 aliphatic rings. The van der Waals surface area contributed by atoms with Crippen LogP contribution in [0.25, 0.3) is 10.2 Å². The molecule has 0 aliphatic carbocycles. The Morgan fingerprint density at radius 2 is 2.00 bits per heavy atom. The average Bonchev–Trinajstić information content (AvgIpc) is 2.48. The van der Waals surface area contributed by atoms with Crippen LogP contribution in [0.3, 0.4) is 0 Å². The molecule has 0 unspecified atom stereocenters. The molecule has 0 aliphatic heterocycles. The van der Waals surface area contributed by atoms with Crippen LogP contribution in [0.2, 0.25) is 0 Å². The van der Waals surface area contributed by atoms with Crippen molar-refractivity contribution < 1.29 is 0 Å². The zero-order chi connectivity index (χ0) is 9.47. The lowest BCUT2D eigenvalue weighted by Gasteiger charge is -2.21. The Balaban J connectivity index is 2.75. The molecule has 0 atom stereocenters. The molecule has 0 saturated heterocycles. The highest BCUT2D eigenvalue weighted by Crippen LogP contribution is 2.28. The SMILES string of the molecule is C[N+](C)(C)c1ncnc2ccsc12. The summed E-state index contributed by atoms with van der Waals surface area (Å²) in [5.74, 6) is 1.08. The van der Waals surface area contributed by atoms with Gasteiger partial charge < -0.3 is 0 Å². The summed E-state index contributed by atoms with van der Waals surface area (Å²) in [6.07, 6.45) is 1.63. The number of rotatable bonds is 1. The van der Waals surface area contributed by atoms with Gasteiger partial charge in [0, 0.05) is 0 Å². The van der Waals surface area contributed by atoms with Crippen molar-refractivity contribution in [3.63, 3.8) is 0 Å². The Morgan fingerprint density at radius 1 is 1.23 bits per heavy atom. The van der Waals surface area contributed by atoms with Gasteiger partial charge in [0.25, 0.3) is 0 Å². The fraction of sp³-hybridized carbons (Fsp3) is 0.333. The Bertz CT molecular complexity index is 428. The lowest BCUT2D eigenvalue weighted by atomic mass is 10.4. The summed E-state index contributed by atoms with van der Waals surface area (Å²) in [5, 5.41) is 2.05. The van der Waals surface area contributed by atoms with Crippen LogP contribution < -0.4 is 4.48 Å². The Kier molecular flexibility index (Phi) is 1.82. The molecule has 0 fully saturated rings. The number of aromatic nitrogens is 2. The van der Waals surface area contributed by atoms with Crippen LogP contribution in [0.1, 0.15) is 0 Å². The molecule has 0 aromatic carbocycles. The van der Waals surface area contributed by atoms with Crippen LogP contribution in [-0.4, -0.2) is 31.1 Å². The third-order valence-corrected chi connectivity index (χ3v) is 2.76. The van der Waals surface area contributed by atoms with Gasteiger partial charge in [0.05, 0.1) is 26.7 Å². The zero-order valence-electron chi connectivity index (χ0n) is 7.98. The van der Waals surface area contributed by atoms with Crippen molar-refractivity contribution >= 4 is 27.4 Å². The van der Waals surface area contributed by atoms with E-state index in [9.17, 15) is 0 Å². The fourth-order valence-electron chi connectivity index (χ4n) is 1.25. The minimum Gasteiger partial charge on any atom is -0.281 e. The smallest absolute Gasteiger partial charge is 0.248 e. The van der Waals surface area contributed by atoms with Crippen molar-refractivity contribution in [2.75, 3.05) is 21.1 Å². The minimum atomic E-state index is 0.736. The third kappa shape index (κ3) is 1.43. The third-order valence-electron chi connectivity index (χ3n) is 1.86. The number of fused-ring (bicyclic) bond motifs is 1. The summed E-state index contributed by atoms with van der Waals surface area (Å²) < 4.78 is 1.93. The molecule has 13 heavy (non-hydrogen) atoms. The summed E-state index contributed by atoms with van der Waals surface area (Å²) in [6, 6.07) is 2.03. The van der Waals surface area contributed by atoms with Crippen molar-refractivity contribution in [2.45, 2.75) is 0 Å². The Morgan fingerprint density at radius 3 is 2.69 bits per heavy atom. The number of nitrogens with zero attached hydrogens (tertiary/aromatic N) is 3. The second-order valence-electron chi connectivity index (χ2n) is 3.84. The summed E-state index contributed by atoms with van der Waals surface area (Å²) in [6.45, 7) is 0. The first-order valence-electron chi connectivity index (χ1n) is 4.09.